The first-order valence-corrected chi connectivity index (χ1v) is 6.27. The van der Waals surface area contributed by atoms with E-state index in [0.717, 1.165) is 0 Å². The van der Waals surface area contributed by atoms with Gasteiger partial charge in [-0.05, 0) is 20.8 Å². The van der Waals surface area contributed by atoms with Gasteiger partial charge in [-0.3, -0.25) is 5.32 Å². The van der Waals surface area contributed by atoms with Crippen LogP contribution >= 0.6 is 0 Å². The molecule has 2 heterocycles. The molecule has 0 spiro atoms. The summed E-state index contributed by atoms with van der Waals surface area (Å²) in [5.41, 5.74) is -0.419. The fourth-order valence-corrected chi connectivity index (χ4v) is 1.43. The van der Waals surface area contributed by atoms with Gasteiger partial charge in [-0.1, -0.05) is 5.16 Å². The lowest BCUT2D eigenvalue weighted by Crippen LogP contribution is -2.27. The number of aromatic nitrogens is 3. The van der Waals surface area contributed by atoms with Gasteiger partial charge in [0.05, 0.1) is 5.56 Å². The number of amides is 1. The molecule has 0 aliphatic heterocycles. The molecule has 0 atom stereocenters. The number of aromatic carboxylic acids is 1. The van der Waals surface area contributed by atoms with Gasteiger partial charge < -0.3 is 14.4 Å². The lowest BCUT2D eigenvalue weighted by Gasteiger charge is -2.19. The number of carbonyl (C=O) groups is 2. The van der Waals surface area contributed by atoms with Crippen molar-refractivity contribution in [3.8, 4) is 11.3 Å². The second kappa shape index (κ2) is 5.80. The van der Waals surface area contributed by atoms with Gasteiger partial charge in [-0.25, -0.2) is 19.6 Å². The van der Waals surface area contributed by atoms with Crippen LogP contribution in [0.3, 0.4) is 0 Å². The Morgan fingerprint density at radius 1 is 1.27 bits per heavy atom. The topological polar surface area (TPSA) is 127 Å². The highest BCUT2D eigenvalue weighted by Crippen LogP contribution is 2.19. The van der Waals surface area contributed by atoms with Gasteiger partial charge in [-0.2, -0.15) is 0 Å². The first kappa shape index (κ1) is 15.4. The molecule has 0 radical (unpaired) electrons. The van der Waals surface area contributed by atoms with Crippen LogP contribution in [0.25, 0.3) is 11.3 Å². The fourth-order valence-electron chi connectivity index (χ4n) is 1.43. The average molecular weight is 306 g/mol. The van der Waals surface area contributed by atoms with Crippen molar-refractivity contribution in [2.24, 2.45) is 0 Å². The number of nitrogens with one attached hydrogen (secondary N) is 1. The van der Waals surface area contributed by atoms with Crippen LogP contribution in [-0.2, 0) is 4.74 Å². The SMILES string of the molecule is CC(C)(C)OC(=O)Nc1ncc(-c2cc(C(=O)O)no2)cn1. The van der Waals surface area contributed by atoms with E-state index in [1.165, 1.54) is 18.5 Å². The number of hydrogen-bond acceptors (Lipinski definition) is 7. The summed E-state index contributed by atoms with van der Waals surface area (Å²) in [4.78, 5) is 30.1. The predicted octanol–water partition coefficient (Wildman–Crippen LogP) is 2.18. The third kappa shape index (κ3) is 4.01. The van der Waals surface area contributed by atoms with Crippen LogP contribution in [0.2, 0.25) is 0 Å². The van der Waals surface area contributed by atoms with Gasteiger partial charge in [0.25, 0.3) is 0 Å². The molecule has 2 aromatic rings. The third-order valence-corrected chi connectivity index (χ3v) is 2.28. The average Bonchev–Trinajstić information content (AvgIpc) is 2.87. The van der Waals surface area contributed by atoms with Crippen molar-refractivity contribution in [2.75, 3.05) is 5.32 Å². The first-order valence-electron chi connectivity index (χ1n) is 6.27. The molecule has 0 aromatic carbocycles. The van der Waals surface area contributed by atoms with Crippen LogP contribution in [-0.4, -0.2) is 37.9 Å². The minimum Gasteiger partial charge on any atom is -0.476 e. The summed E-state index contributed by atoms with van der Waals surface area (Å²) in [6, 6.07) is 1.25. The highest BCUT2D eigenvalue weighted by atomic mass is 16.6. The highest BCUT2D eigenvalue weighted by Gasteiger charge is 2.17. The molecule has 0 saturated heterocycles. The minimum absolute atomic E-state index is 0.0518. The van der Waals surface area contributed by atoms with Crippen molar-refractivity contribution in [3.05, 3.63) is 24.2 Å². The number of ether oxygens (including phenoxy) is 1. The van der Waals surface area contributed by atoms with Gasteiger partial charge in [0, 0.05) is 18.5 Å². The fraction of sp³-hybridized carbons (Fsp3) is 0.308. The quantitative estimate of drug-likeness (QED) is 0.883. The number of carboxylic acid groups (broad SMARTS) is 1. The van der Waals surface area contributed by atoms with E-state index < -0.39 is 17.7 Å². The summed E-state index contributed by atoms with van der Waals surface area (Å²) < 4.78 is 9.94. The molecule has 0 saturated carbocycles. The Morgan fingerprint density at radius 3 is 2.41 bits per heavy atom. The second-order valence-electron chi connectivity index (χ2n) is 5.30. The number of carbonyl (C=O) groups excluding carboxylic acids is 1. The molecule has 2 aromatic heterocycles. The molecule has 1 amide bonds. The molecular weight excluding hydrogens is 292 g/mol. The Morgan fingerprint density at radius 2 is 1.91 bits per heavy atom. The number of nitrogens with zero attached hydrogens (tertiary/aromatic N) is 3. The smallest absolute Gasteiger partial charge is 0.414 e. The van der Waals surface area contributed by atoms with Crippen LogP contribution in [0.15, 0.2) is 23.0 Å². The normalized spacial score (nSPS) is 11.0. The van der Waals surface area contributed by atoms with Crippen molar-refractivity contribution in [1.82, 2.24) is 15.1 Å². The number of anilines is 1. The lowest BCUT2D eigenvalue weighted by molar-refractivity contribution is 0.0632. The van der Waals surface area contributed by atoms with Crippen molar-refractivity contribution in [1.29, 1.82) is 0 Å². The Labute approximate surface area is 125 Å². The molecule has 2 N–H and O–H groups in total. The maximum atomic E-state index is 11.6. The van der Waals surface area contributed by atoms with E-state index in [2.05, 4.69) is 20.4 Å². The molecule has 0 fully saturated rings. The van der Waals surface area contributed by atoms with E-state index in [0.29, 0.717) is 5.56 Å². The Kier molecular flexibility index (Phi) is 4.06. The van der Waals surface area contributed by atoms with Crippen molar-refractivity contribution in [3.63, 3.8) is 0 Å². The van der Waals surface area contributed by atoms with E-state index in [1.54, 1.807) is 20.8 Å². The van der Waals surface area contributed by atoms with Crippen LogP contribution < -0.4 is 5.32 Å². The van der Waals surface area contributed by atoms with Gasteiger partial charge >= 0.3 is 12.1 Å². The number of carboxylic acids is 1. The van der Waals surface area contributed by atoms with E-state index in [1.807, 2.05) is 0 Å². The predicted molar refractivity (Wildman–Crippen MR) is 74.3 cm³/mol. The largest absolute Gasteiger partial charge is 0.476 e. The Bertz CT molecular complexity index is 687. The summed E-state index contributed by atoms with van der Waals surface area (Å²) >= 11 is 0. The summed E-state index contributed by atoms with van der Waals surface area (Å²) in [7, 11) is 0. The maximum absolute atomic E-state index is 11.6. The standard InChI is InChI=1S/C13H14N4O5/c1-13(2,3)21-12(20)16-11-14-5-7(6-15-11)9-4-8(10(18)19)17-22-9/h4-6H,1-3H3,(H,18,19)(H,14,15,16,20). The summed E-state index contributed by atoms with van der Waals surface area (Å²) in [6.45, 7) is 5.21. The van der Waals surface area contributed by atoms with Crippen molar-refractivity contribution in [2.45, 2.75) is 26.4 Å². The summed E-state index contributed by atoms with van der Waals surface area (Å²) in [6.07, 6.45) is 2.06. The van der Waals surface area contributed by atoms with Crippen molar-refractivity contribution >= 4 is 18.0 Å². The van der Waals surface area contributed by atoms with Gasteiger partial charge in [0.1, 0.15) is 5.60 Å². The molecule has 0 aliphatic rings. The van der Waals surface area contributed by atoms with Crippen LogP contribution in [0, 0.1) is 0 Å². The zero-order chi connectivity index (χ0) is 16.3. The van der Waals surface area contributed by atoms with E-state index in [-0.39, 0.29) is 17.4 Å². The molecular formula is C13H14N4O5. The molecule has 0 bridgehead atoms. The highest BCUT2D eigenvalue weighted by molar-refractivity contribution is 5.86. The Balaban J connectivity index is 2.06. The molecule has 0 unspecified atom stereocenters. The minimum atomic E-state index is -1.20. The monoisotopic (exact) mass is 306 g/mol. The second-order valence-corrected chi connectivity index (χ2v) is 5.30. The first-order chi connectivity index (χ1) is 10.2. The summed E-state index contributed by atoms with van der Waals surface area (Å²) in [5.74, 6) is -0.934. The van der Waals surface area contributed by atoms with Gasteiger partial charge in [0.2, 0.25) is 5.95 Å². The van der Waals surface area contributed by atoms with Gasteiger partial charge in [0.15, 0.2) is 11.5 Å². The number of hydrogen-bond donors (Lipinski definition) is 2. The number of rotatable bonds is 3. The van der Waals surface area contributed by atoms with Gasteiger partial charge in [-0.15, -0.1) is 0 Å². The molecule has 22 heavy (non-hydrogen) atoms. The Hall–Kier alpha value is -2.97. The van der Waals surface area contributed by atoms with Crippen LogP contribution in [0.1, 0.15) is 31.3 Å². The van der Waals surface area contributed by atoms with E-state index >= 15 is 0 Å². The summed E-state index contributed by atoms with van der Waals surface area (Å²) in [5, 5.41) is 14.5. The third-order valence-electron chi connectivity index (χ3n) is 2.28. The molecule has 2 rings (SSSR count). The molecule has 9 heteroatoms. The van der Waals surface area contributed by atoms with E-state index in [4.69, 9.17) is 14.4 Å². The van der Waals surface area contributed by atoms with Crippen LogP contribution in [0.5, 0.6) is 0 Å². The molecule has 9 nitrogen and oxygen atoms in total. The zero-order valence-corrected chi connectivity index (χ0v) is 12.2. The van der Waals surface area contributed by atoms with Crippen LogP contribution in [0.4, 0.5) is 10.7 Å². The molecule has 0 aliphatic carbocycles. The zero-order valence-electron chi connectivity index (χ0n) is 12.2. The van der Waals surface area contributed by atoms with E-state index in [9.17, 15) is 9.59 Å². The van der Waals surface area contributed by atoms with Crippen molar-refractivity contribution < 1.29 is 24.0 Å². The molecule has 116 valence electrons. The lowest BCUT2D eigenvalue weighted by atomic mass is 10.2. The maximum Gasteiger partial charge on any atom is 0.414 e.